The van der Waals surface area contributed by atoms with Crippen LogP contribution in [0.15, 0.2) is 60.7 Å². The van der Waals surface area contributed by atoms with Crippen LogP contribution in [0, 0.1) is 11.8 Å². The highest BCUT2D eigenvalue weighted by Gasteiger charge is 2.56. The smallest absolute Gasteiger partial charge is 0.407 e. The Hall–Kier alpha value is -2.82. The number of carbonyl (C=O) groups is 2. The molecule has 1 N–H and O–H groups in total. The van der Waals surface area contributed by atoms with E-state index in [0.29, 0.717) is 24.8 Å². The van der Waals surface area contributed by atoms with Gasteiger partial charge in [-0.05, 0) is 62.0 Å². The molecule has 2 aliphatic heterocycles. The van der Waals surface area contributed by atoms with Crippen molar-refractivity contribution in [1.29, 1.82) is 0 Å². The molecule has 5 rings (SSSR count). The molecule has 1 spiro atoms. The highest BCUT2D eigenvalue weighted by molar-refractivity contribution is 5.78. The normalized spacial score (nSPS) is 29.0. The third-order valence-corrected chi connectivity index (χ3v) is 8.13. The van der Waals surface area contributed by atoms with Crippen LogP contribution in [0.2, 0.25) is 0 Å². The molecule has 2 heterocycles. The molecule has 174 valence electrons. The average molecular weight is 447 g/mol. The van der Waals surface area contributed by atoms with E-state index in [1.165, 1.54) is 5.56 Å². The maximum absolute atomic E-state index is 12.9. The van der Waals surface area contributed by atoms with E-state index in [9.17, 15) is 9.59 Å². The van der Waals surface area contributed by atoms with Crippen LogP contribution in [0.1, 0.15) is 56.1 Å². The molecule has 2 amide bonds. The zero-order valence-electron chi connectivity index (χ0n) is 19.2. The van der Waals surface area contributed by atoms with Gasteiger partial charge in [0.1, 0.15) is 6.10 Å². The first-order valence-corrected chi connectivity index (χ1v) is 12.5. The topological polar surface area (TPSA) is 58.6 Å². The SMILES string of the molecule is O=C(NCc1ccccc1)O[C@H]1CC[C@@]23CCCN2C(=O)CCC[C@H]3[C@H]1Cc1ccccc1. The Balaban J connectivity index is 1.36. The van der Waals surface area contributed by atoms with Crippen molar-refractivity contribution in [3.63, 3.8) is 0 Å². The summed E-state index contributed by atoms with van der Waals surface area (Å²) >= 11 is 0. The van der Waals surface area contributed by atoms with Crippen LogP contribution in [-0.2, 0) is 22.5 Å². The van der Waals surface area contributed by atoms with Crippen molar-refractivity contribution < 1.29 is 14.3 Å². The summed E-state index contributed by atoms with van der Waals surface area (Å²) in [6, 6.07) is 20.4. The molecule has 2 aromatic rings. The predicted octanol–water partition coefficient (Wildman–Crippen LogP) is 5.10. The van der Waals surface area contributed by atoms with Crippen molar-refractivity contribution in [3.05, 3.63) is 71.8 Å². The monoisotopic (exact) mass is 446 g/mol. The average Bonchev–Trinajstić information content (AvgIpc) is 3.21. The number of ether oxygens (including phenoxy) is 1. The number of carbonyl (C=O) groups excluding carboxylic acids is 2. The number of alkyl carbamates (subject to hydrolysis) is 1. The molecule has 2 saturated heterocycles. The van der Waals surface area contributed by atoms with Gasteiger partial charge in [-0.25, -0.2) is 4.79 Å². The zero-order valence-corrected chi connectivity index (χ0v) is 19.2. The summed E-state index contributed by atoms with van der Waals surface area (Å²) in [7, 11) is 0. The number of amides is 2. The summed E-state index contributed by atoms with van der Waals surface area (Å²) < 4.78 is 6.11. The van der Waals surface area contributed by atoms with Crippen molar-refractivity contribution in [2.75, 3.05) is 6.54 Å². The lowest BCUT2D eigenvalue weighted by molar-refractivity contribution is -0.141. The molecule has 3 fully saturated rings. The Bertz CT molecular complexity index is 964. The number of nitrogens with one attached hydrogen (secondary N) is 1. The van der Waals surface area contributed by atoms with E-state index in [2.05, 4.69) is 34.5 Å². The van der Waals surface area contributed by atoms with E-state index in [-0.39, 0.29) is 23.7 Å². The van der Waals surface area contributed by atoms with Crippen molar-refractivity contribution in [2.45, 2.75) is 69.6 Å². The summed E-state index contributed by atoms with van der Waals surface area (Å²) in [5.41, 5.74) is 2.28. The summed E-state index contributed by atoms with van der Waals surface area (Å²) in [5, 5.41) is 2.94. The standard InChI is InChI=1S/C28H34N2O3/c31-26-14-7-13-24-23(19-21-9-3-1-4-10-21)25(15-17-28(24)16-8-18-30(26)28)33-27(32)29-20-22-11-5-2-6-12-22/h1-6,9-12,23-25H,7-8,13-20H2,(H,29,32)/t23-,24+,25+,28-/m1/s1. The lowest BCUT2D eigenvalue weighted by Crippen LogP contribution is -2.58. The van der Waals surface area contributed by atoms with Crippen LogP contribution in [0.25, 0.3) is 0 Å². The zero-order chi connectivity index (χ0) is 22.7. The van der Waals surface area contributed by atoms with E-state index in [1.54, 1.807) is 0 Å². The van der Waals surface area contributed by atoms with Gasteiger partial charge in [-0.1, -0.05) is 60.7 Å². The molecule has 1 saturated carbocycles. The van der Waals surface area contributed by atoms with Crippen LogP contribution in [0.4, 0.5) is 4.79 Å². The van der Waals surface area contributed by atoms with Crippen molar-refractivity contribution in [3.8, 4) is 0 Å². The fourth-order valence-electron chi connectivity index (χ4n) is 6.72. The molecule has 1 aliphatic carbocycles. The number of hydrogen-bond acceptors (Lipinski definition) is 3. The third kappa shape index (κ3) is 4.50. The maximum atomic E-state index is 12.9. The van der Waals surface area contributed by atoms with Crippen LogP contribution in [0.5, 0.6) is 0 Å². The molecule has 5 heteroatoms. The van der Waals surface area contributed by atoms with E-state index >= 15 is 0 Å². The van der Waals surface area contributed by atoms with Gasteiger partial charge >= 0.3 is 6.09 Å². The van der Waals surface area contributed by atoms with Gasteiger partial charge in [0.2, 0.25) is 5.91 Å². The van der Waals surface area contributed by atoms with Crippen LogP contribution in [-0.4, -0.2) is 35.1 Å². The molecule has 0 bridgehead atoms. The highest BCUT2D eigenvalue weighted by Crippen LogP contribution is 2.53. The van der Waals surface area contributed by atoms with Gasteiger partial charge in [-0.3, -0.25) is 4.79 Å². The molecule has 0 radical (unpaired) electrons. The van der Waals surface area contributed by atoms with Gasteiger partial charge < -0.3 is 15.0 Å². The Labute approximate surface area is 196 Å². The molecule has 3 aliphatic rings. The van der Waals surface area contributed by atoms with Gasteiger partial charge in [0.25, 0.3) is 0 Å². The van der Waals surface area contributed by atoms with Crippen molar-refractivity contribution >= 4 is 12.0 Å². The van der Waals surface area contributed by atoms with Gasteiger partial charge in [-0.15, -0.1) is 0 Å². The van der Waals surface area contributed by atoms with E-state index in [0.717, 1.165) is 57.1 Å². The van der Waals surface area contributed by atoms with Crippen molar-refractivity contribution in [2.24, 2.45) is 11.8 Å². The first-order valence-electron chi connectivity index (χ1n) is 12.5. The number of nitrogens with zero attached hydrogens (tertiary/aromatic N) is 1. The Morgan fingerprint density at radius 1 is 0.970 bits per heavy atom. The van der Waals surface area contributed by atoms with Crippen molar-refractivity contribution in [1.82, 2.24) is 10.2 Å². The maximum Gasteiger partial charge on any atom is 0.407 e. The van der Waals surface area contributed by atoms with Crippen LogP contribution >= 0.6 is 0 Å². The Morgan fingerprint density at radius 2 is 1.70 bits per heavy atom. The molecule has 0 aromatic heterocycles. The first kappa shape index (κ1) is 22.0. The van der Waals surface area contributed by atoms with E-state index in [1.807, 2.05) is 36.4 Å². The number of rotatable bonds is 5. The molecule has 2 aromatic carbocycles. The lowest BCUT2D eigenvalue weighted by atomic mass is 9.62. The first-order chi connectivity index (χ1) is 16.2. The largest absolute Gasteiger partial charge is 0.446 e. The summed E-state index contributed by atoms with van der Waals surface area (Å²) in [5.74, 6) is 0.913. The molecular formula is C28H34N2O3. The molecule has 5 nitrogen and oxygen atoms in total. The van der Waals surface area contributed by atoms with Crippen LogP contribution in [0.3, 0.4) is 0 Å². The van der Waals surface area contributed by atoms with Gasteiger partial charge in [0.05, 0.1) is 0 Å². The fraction of sp³-hybridized carbons (Fsp3) is 0.500. The quantitative estimate of drug-likeness (QED) is 0.696. The fourth-order valence-corrected chi connectivity index (χ4v) is 6.72. The number of benzene rings is 2. The molecule has 0 unspecified atom stereocenters. The second-order valence-corrected chi connectivity index (χ2v) is 9.93. The minimum absolute atomic E-state index is 0.0482. The van der Waals surface area contributed by atoms with E-state index in [4.69, 9.17) is 4.74 Å². The second-order valence-electron chi connectivity index (χ2n) is 9.93. The lowest BCUT2D eigenvalue weighted by Gasteiger charge is -2.52. The molecule has 33 heavy (non-hydrogen) atoms. The van der Waals surface area contributed by atoms with Gasteiger partial charge in [-0.2, -0.15) is 0 Å². The van der Waals surface area contributed by atoms with Gasteiger partial charge in [0.15, 0.2) is 0 Å². The van der Waals surface area contributed by atoms with Gasteiger partial charge in [0, 0.05) is 31.0 Å². The minimum Gasteiger partial charge on any atom is -0.446 e. The molecular weight excluding hydrogens is 412 g/mol. The predicted molar refractivity (Wildman–Crippen MR) is 127 cm³/mol. The second kappa shape index (κ2) is 9.58. The Morgan fingerprint density at radius 3 is 2.45 bits per heavy atom. The summed E-state index contributed by atoms with van der Waals surface area (Å²) in [6.45, 7) is 1.35. The summed E-state index contributed by atoms with van der Waals surface area (Å²) in [6.07, 6.45) is 6.95. The van der Waals surface area contributed by atoms with Crippen LogP contribution < -0.4 is 5.32 Å². The number of hydrogen-bond donors (Lipinski definition) is 1. The highest BCUT2D eigenvalue weighted by atomic mass is 16.6. The summed E-state index contributed by atoms with van der Waals surface area (Å²) in [4.78, 5) is 27.9. The Kier molecular flexibility index (Phi) is 6.39. The third-order valence-electron chi connectivity index (χ3n) is 8.13. The van der Waals surface area contributed by atoms with E-state index < -0.39 is 0 Å². The molecule has 4 atom stereocenters. The minimum atomic E-state index is -0.342.